The fraction of sp³-hybridized carbons (Fsp3) is 0.361. The van der Waals surface area contributed by atoms with Gasteiger partial charge in [-0.1, -0.05) is 41.9 Å². The number of amides is 2. The summed E-state index contributed by atoms with van der Waals surface area (Å²) in [6, 6.07) is 14.5. The van der Waals surface area contributed by atoms with Gasteiger partial charge in [0, 0.05) is 36.8 Å². The van der Waals surface area contributed by atoms with Gasteiger partial charge in [0.15, 0.2) is 0 Å². The molecule has 0 aliphatic heterocycles. The third-order valence-electron chi connectivity index (χ3n) is 8.47. The highest BCUT2D eigenvalue weighted by molar-refractivity contribution is 7.21. The maximum atomic E-state index is 14.8. The van der Waals surface area contributed by atoms with E-state index in [9.17, 15) is 23.2 Å². The third-order valence-corrected chi connectivity index (χ3v) is 10.2. The molecule has 0 spiro atoms. The quantitative estimate of drug-likeness (QED) is 0.173. The predicted octanol–water partition coefficient (Wildman–Crippen LogP) is 9.14. The highest BCUT2D eigenvalue weighted by Crippen LogP contribution is 2.41. The number of halogens is 3. The van der Waals surface area contributed by atoms with Gasteiger partial charge in [-0.2, -0.15) is 0 Å². The zero-order chi connectivity index (χ0) is 34.0. The summed E-state index contributed by atoms with van der Waals surface area (Å²) in [5.41, 5.74) is 2.39. The SMILES string of the molecule is COc1ccc(-c2ccc(C=O)cc2)cc1CN(C(=O)c1sc2c(F)ccc(F)c2c1Cl)C1CCC(N(C)C(=O)OC(C)(C)C)CC1. The van der Waals surface area contributed by atoms with Gasteiger partial charge in [-0.3, -0.25) is 9.59 Å². The lowest BCUT2D eigenvalue weighted by atomic mass is 9.89. The summed E-state index contributed by atoms with van der Waals surface area (Å²) < 4.78 is 40.8. The first-order chi connectivity index (χ1) is 22.3. The Morgan fingerprint density at radius 2 is 1.57 bits per heavy atom. The molecule has 7 nitrogen and oxygen atoms in total. The van der Waals surface area contributed by atoms with Crippen molar-refractivity contribution in [2.45, 2.75) is 70.7 Å². The van der Waals surface area contributed by atoms with Crippen LogP contribution in [0.3, 0.4) is 0 Å². The van der Waals surface area contributed by atoms with Gasteiger partial charge in [-0.05, 0) is 81.8 Å². The Bertz CT molecular complexity index is 1800. The van der Waals surface area contributed by atoms with Gasteiger partial charge < -0.3 is 19.3 Å². The normalized spacial score (nSPS) is 16.5. The summed E-state index contributed by atoms with van der Waals surface area (Å²) in [6.07, 6.45) is 2.76. The zero-order valence-corrected chi connectivity index (χ0v) is 28.5. The number of ether oxygens (including phenoxy) is 2. The molecule has 1 heterocycles. The molecule has 0 unspecified atom stereocenters. The fourth-order valence-electron chi connectivity index (χ4n) is 5.99. The molecule has 1 fully saturated rings. The van der Waals surface area contributed by atoms with E-state index in [1.807, 2.05) is 51.1 Å². The number of hydrogen-bond donors (Lipinski definition) is 0. The minimum Gasteiger partial charge on any atom is -0.496 e. The molecule has 1 aliphatic rings. The summed E-state index contributed by atoms with van der Waals surface area (Å²) in [6.45, 7) is 5.59. The molecule has 1 aromatic heterocycles. The van der Waals surface area contributed by atoms with Crippen LogP contribution in [-0.2, 0) is 11.3 Å². The molecular weight excluding hydrogens is 646 g/mol. The molecule has 0 saturated heterocycles. The number of carbonyl (C=O) groups excluding carboxylic acids is 3. The molecule has 248 valence electrons. The van der Waals surface area contributed by atoms with Crippen LogP contribution in [0.5, 0.6) is 5.75 Å². The first kappa shape index (κ1) is 34.3. The Labute approximate surface area is 282 Å². The number of methoxy groups -OCH3 is 1. The average molecular weight is 683 g/mol. The van der Waals surface area contributed by atoms with Gasteiger partial charge in [-0.15, -0.1) is 11.3 Å². The molecule has 2 amide bonds. The Morgan fingerprint density at radius 1 is 0.957 bits per heavy atom. The molecule has 5 rings (SSSR count). The largest absolute Gasteiger partial charge is 0.496 e. The topological polar surface area (TPSA) is 76.2 Å². The standard InChI is InChI=1S/C36H37ClF2N2O5S/c1-36(2,3)46-35(44)40(4)25-11-13-26(14-12-25)41(34(43)33-31(37)30-27(38)15-16-28(39)32(30)47-33)19-24-18-23(10-17-29(24)45-5)22-8-6-21(20-42)7-9-22/h6-10,15-18,20,25-26H,11-14,19H2,1-5H3. The number of thiophene rings is 1. The molecule has 47 heavy (non-hydrogen) atoms. The molecule has 3 aromatic carbocycles. The zero-order valence-electron chi connectivity index (χ0n) is 26.9. The number of aldehydes is 1. The van der Waals surface area contributed by atoms with Gasteiger partial charge >= 0.3 is 6.09 Å². The van der Waals surface area contributed by atoms with Crippen LogP contribution in [0, 0.1) is 11.6 Å². The van der Waals surface area contributed by atoms with Crippen LogP contribution in [0.25, 0.3) is 21.2 Å². The smallest absolute Gasteiger partial charge is 0.410 e. The Morgan fingerprint density at radius 3 is 2.17 bits per heavy atom. The van der Waals surface area contributed by atoms with Crippen LogP contribution >= 0.6 is 22.9 Å². The van der Waals surface area contributed by atoms with Crippen molar-refractivity contribution in [3.05, 3.63) is 87.3 Å². The molecule has 0 N–H and O–H groups in total. The predicted molar refractivity (Wildman–Crippen MR) is 180 cm³/mol. The number of benzene rings is 3. The summed E-state index contributed by atoms with van der Waals surface area (Å²) >= 11 is 7.44. The van der Waals surface area contributed by atoms with Crippen LogP contribution < -0.4 is 4.74 Å². The summed E-state index contributed by atoms with van der Waals surface area (Å²) in [5, 5.41) is -0.229. The lowest BCUT2D eigenvalue weighted by molar-refractivity contribution is 0.0144. The number of rotatable bonds is 8. The highest BCUT2D eigenvalue weighted by Gasteiger charge is 2.35. The minimum atomic E-state index is -0.700. The van der Waals surface area contributed by atoms with Crippen molar-refractivity contribution in [3.63, 3.8) is 0 Å². The van der Waals surface area contributed by atoms with Crippen molar-refractivity contribution in [3.8, 4) is 16.9 Å². The molecule has 1 aliphatic carbocycles. The van der Waals surface area contributed by atoms with Gasteiger partial charge in [-0.25, -0.2) is 13.6 Å². The summed E-state index contributed by atoms with van der Waals surface area (Å²) in [4.78, 5) is 41.7. The maximum absolute atomic E-state index is 14.8. The first-order valence-corrected chi connectivity index (χ1v) is 16.6. The number of hydrogen-bond acceptors (Lipinski definition) is 6. The Hall–Kier alpha value is -4.02. The molecule has 11 heteroatoms. The average Bonchev–Trinajstić information content (AvgIpc) is 3.42. The van der Waals surface area contributed by atoms with Crippen LogP contribution in [0.1, 0.15) is 72.0 Å². The molecule has 4 aromatic rings. The summed E-state index contributed by atoms with van der Waals surface area (Å²) in [7, 11) is 3.27. The van der Waals surface area contributed by atoms with E-state index in [1.54, 1.807) is 36.1 Å². The van der Waals surface area contributed by atoms with E-state index in [-0.39, 0.29) is 38.6 Å². The number of carbonyl (C=O) groups is 3. The van der Waals surface area contributed by atoms with E-state index in [1.165, 1.54) is 0 Å². The monoisotopic (exact) mass is 682 g/mol. The molecule has 0 atom stereocenters. The number of nitrogens with zero attached hydrogens (tertiary/aromatic N) is 2. The lowest BCUT2D eigenvalue weighted by Crippen LogP contribution is -2.47. The van der Waals surface area contributed by atoms with Crippen molar-refractivity contribution < 1.29 is 32.6 Å². The van der Waals surface area contributed by atoms with Crippen molar-refractivity contribution in [1.29, 1.82) is 0 Å². The second-order valence-electron chi connectivity index (χ2n) is 12.7. The van der Waals surface area contributed by atoms with Crippen molar-refractivity contribution in [2.24, 2.45) is 0 Å². The maximum Gasteiger partial charge on any atom is 0.410 e. The van der Waals surface area contributed by atoms with Crippen LogP contribution in [0.4, 0.5) is 13.6 Å². The molecule has 1 saturated carbocycles. The van der Waals surface area contributed by atoms with Crippen molar-refractivity contribution >= 4 is 51.3 Å². The van der Waals surface area contributed by atoms with Crippen LogP contribution in [0.15, 0.2) is 54.6 Å². The first-order valence-electron chi connectivity index (χ1n) is 15.4. The second-order valence-corrected chi connectivity index (χ2v) is 14.1. The van der Waals surface area contributed by atoms with E-state index < -0.39 is 29.2 Å². The number of fused-ring (bicyclic) bond motifs is 1. The molecule has 0 bridgehead atoms. The van der Waals surface area contributed by atoms with Crippen molar-refractivity contribution in [2.75, 3.05) is 14.2 Å². The van der Waals surface area contributed by atoms with E-state index in [4.69, 9.17) is 21.1 Å². The van der Waals surface area contributed by atoms with E-state index >= 15 is 0 Å². The van der Waals surface area contributed by atoms with Crippen LogP contribution in [0.2, 0.25) is 5.02 Å². The van der Waals surface area contributed by atoms with E-state index in [0.29, 0.717) is 37.0 Å². The molecular formula is C36H37ClF2N2O5S. The lowest BCUT2D eigenvalue weighted by Gasteiger charge is -2.40. The Balaban J connectivity index is 1.49. The van der Waals surface area contributed by atoms with Crippen LogP contribution in [-0.4, -0.2) is 59.9 Å². The minimum absolute atomic E-state index is 0.0145. The third kappa shape index (κ3) is 7.44. The van der Waals surface area contributed by atoms with Gasteiger partial charge in [0.25, 0.3) is 5.91 Å². The van der Waals surface area contributed by atoms with Crippen molar-refractivity contribution in [1.82, 2.24) is 9.80 Å². The van der Waals surface area contributed by atoms with Gasteiger partial charge in [0.05, 0.1) is 22.2 Å². The van der Waals surface area contributed by atoms with Gasteiger partial charge in [0.2, 0.25) is 0 Å². The Kier molecular flexibility index (Phi) is 10.2. The molecule has 0 radical (unpaired) electrons. The van der Waals surface area contributed by atoms with Gasteiger partial charge in [0.1, 0.15) is 34.1 Å². The highest BCUT2D eigenvalue weighted by atomic mass is 35.5. The summed E-state index contributed by atoms with van der Waals surface area (Å²) in [5.74, 6) is -1.23. The second kappa shape index (κ2) is 14.0. The fourth-order valence-corrected chi connectivity index (χ4v) is 7.50. The van der Waals surface area contributed by atoms with E-state index in [0.717, 1.165) is 46.4 Å². The van der Waals surface area contributed by atoms with E-state index in [2.05, 4.69) is 0 Å².